The van der Waals surface area contributed by atoms with Crippen molar-refractivity contribution in [2.45, 2.75) is 58.4 Å². The zero-order valence-corrected chi connectivity index (χ0v) is 25.0. The number of para-hydroxylation sites is 1. The number of hydrogen-bond acceptors (Lipinski definition) is 7. The van der Waals surface area contributed by atoms with Crippen LogP contribution in [0.15, 0.2) is 88.2 Å². The first-order valence-corrected chi connectivity index (χ1v) is 14.0. The first-order valence-electron chi connectivity index (χ1n) is 14.0. The molecule has 42 heavy (non-hydrogen) atoms. The number of anilines is 3. The number of nitriles is 1. The van der Waals surface area contributed by atoms with E-state index in [1.54, 1.807) is 0 Å². The van der Waals surface area contributed by atoms with Gasteiger partial charge in [0.1, 0.15) is 5.58 Å². The molecule has 0 saturated carbocycles. The zero-order chi connectivity index (χ0) is 30.0. The van der Waals surface area contributed by atoms with Gasteiger partial charge in [-0.1, -0.05) is 36.4 Å². The predicted octanol–water partition coefficient (Wildman–Crippen LogP) is 7.89. The second-order valence-electron chi connectivity index (χ2n) is 12.5. The minimum atomic E-state index is -1.06. The third kappa shape index (κ3) is 4.40. The van der Waals surface area contributed by atoms with Gasteiger partial charge in [0.05, 0.1) is 28.3 Å². The Bertz CT molecular complexity index is 1950. The van der Waals surface area contributed by atoms with Crippen LogP contribution in [0.2, 0.25) is 0 Å². The van der Waals surface area contributed by atoms with E-state index in [9.17, 15) is 10.1 Å². The van der Waals surface area contributed by atoms with Crippen molar-refractivity contribution in [1.29, 1.82) is 5.26 Å². The molecular formula is C35H34N4O3. The van der Waals surface area contributed by atoms with Crippen LogP contribution >= 0.6 is 0 Å². The molecule has 0 aliphatic carbocycles. The van der Waals surface area contributed by atoms with Crippen LogP contribution in [0.4, 0.5) is 17.1 Å². The molecule has 1 aliphatic rings. The average molecular weight is 559 g/mol. The molecule has 1 aliphatic heterocycles. The van der Waals surface area contributed by atoms with E-state index in [0.29, 0.717) is 17.0 Å². The molecule has 0 saturated heterocycles. The van der Waals surface area contributed by atoms with Crippen LogP contribution in [0.25, 0.3) is 33.0 Å². The molecule has 212 valence electrons. The largest absolute Gasteiger partial charge is 0.421 e. The van der Waals surface area contributed by atoms with Gasteiger partial charge in [-0.05, 0) is 82.1 Å². The highest BCUT2D eigenvalue weighted by molar-refractivity contribution is 6.04. The maximum atomic E-state index is 13.6. The van der Waals surface area contributed by atoms with Crippen molar-refractivity contribution in [2.24, 2.45) is 0 Å². The summed E-state index contributed by atoms with van der Waals surface area (Å²) in [7, 11) is 1.86. The van der Waals surface area contributed by atoms with Crippen LogP contribution in [0.3, 0.4) is 0 Å². The highest BCUT2D eigenvalue weighted by Crippen LogP contribution is 2.52. The van der Waals surface area contributed by atoms with Gasteiger partial charge < -0.3 is 14.1 Å². The second-order valence-corrected chi connectivity index (χ2v) is 12.5. The van der Waals surface area contributed by atoms with E-state index >= 15 is 0 Å². The third-order valence-electron chi connectivity index (χ3n) is 8.00. The monoisotopic (exact) mass is 558 g/mol. The molecule has 2 aromatic heterocycles. The van der Waals surface area contributed by atoms with Crippen LogP contribution in [-0.2, 0) is 10.2 Å². The summed E-state index contributed by atoms with van der Waals surface area (Å²) in [6.07, 6.45) is 1.87. The maximum absolute atomic E-state index is 13.6. The lowest BCUT2D eigenvalue weighted by molar-refractivity contribution is -0.113. The summed E-state index contributed by atoms with van der Waals surface area (Å²) in [4.78, 5) is 22.1. The van der Waals surface area contributed by atoms with Gasteiger partial charge in [-0.25, -0.2) is 4.79 Å². The van der Waals surface area contributed by atoms with E-state index in [1.807, 2.05) is 120 Å². The standard InChI is InChI=1S/C35H34N4O3/c1-33(2,3)42-35(6)38(7)31-30(39(35)26-15-13-25(14-16-26)34(4,5)21-36)27-19-22(12-17-29(27)41-32(31)40)24-18-23-10-8-9-11-28(23)37-20-24/h8-20H,1-7H3. The number of hydrogen-bond donors (Lipinski definition) is 0. The van der Waals surface area contributed by atoms with Gasteiger partial charge in [-0.2, -0.15) is 5.26 Å². The van der Waals surface area contributed by atoms with Crippen LogP contribution in [0.5, 0.6) is 0 Å². The summed E-state index contributed by atoms with van der Waals surface area (Å²) in [6, 6.07) is 26.3. The lowest BCUT2D eigenvalue weighted by atomic mass is 9.86. The third-order valence-corrected chi connectivity index (χ3v) is 8.00. The van der Waals surface area contributed by atoms with Gasteiger partial charge in [-0.3, -0.25) is 9.88 Å². The SMILES string of the molecule is CN1c2c(c3cc(-c4cnc5ccccc5c4)ccc3oc2=O)N(c2ccc(C(C)(C)C#N)cc2)C1(C)OC(C)(C)C. The fourth-order valence-corrected chi connectivity index (χ4v) is 5.83. The van der Waals surface area contributed by atoms with E-state index in [-0.39, 0.29) is 0 Å². The Labute approximate surface area is 245 Å². The van der Waals surface area contributed by atoms with E-state index in [1.165, 1.54) is 0 Å². The van der Waals surface area contributed by atoms with Crippen molar-refractivity contribution in [2.75, 3.05) is 16.8 Å². The molecule has 3 heterocycles. The number of fused-ring (bicyclic) bond motifs is 4. The summed E-state index contributed by atoms with van der Waals surface area (Å²) in [6.45, 7) is 11.8. The molecule has 7 nitrogen and oxygen atoms in total. The molecule has 6 rings (SSSR count). The molecule has 0 radical (unpaired) electrons. The van der Waals surface area contributed by atoms with Crippen LogP contribution < -0.4 is 15.4 Å². The minimum Gasteiger partial charge on any atom is -0.421 e. The Morgan fingerprint density at radius 1 is 0.929 bits per heavy atom. The number of aromatic nitrogens is 1. The minimum absolute atomic E-state index is 0.421. The van der Waals surface area contributed by atoms with E-state index < -0.39 is 22.5 Å². The Morgan fingerprint density at radius 2 is 1.64 bits per heavy atom. The molecule has 0 spiro atoms. The lowest BCUT2D eigenvalue weighted by Crippen LogP contribution is -2.57. The Hall–Kier alpha value is -4.67. The predicted molar refractivity (Wildman–Crippen MR) is 168 cm³/mol. The zero-order valence-electron chi connectivity index (χ0n) is 25.0. The normalized spacial score (nSPS) is 17.1. The van der Waals surface area contributed by atoms with Crippen LogP contribution in [-0.4, -0.2) is 23.5 Å². The summed E-state index contributed by atoms with van der Waals surface area (Å²) < 4.78 is 12.6. The van der Waals surface area contributed by atoms with Crippen molar-refractivity contribution in [3.63, 3.8) is 0 Å². The quantitative estimate of drug-likeness (QED) is 0.207. The summed E-state index contributed by atoms with van der Waals surface area (Å²) in [5.74, 6) is -1.06. The number of benzene rings is 3. The van der Waals surface area contributed by atoms with Crippen LogP contribution in [0, 0.1) is 11.3 Å². The van der Waals surface area contributed by atoms with Crippen molar-refractivity contribution >= 4 is 38.9 Å². The fraction of sp³-hybridized carbons (Fsp3) is 0.286. The highest BCUT2D eigenvalue weighted by atomic mass is 16.6. The molecule has 1 unspecified atom stereocenters. The van der Waals surface area contributed by atoms with Crippen LogP contribution in [0.1, 0.15) is 47.1 Å². The number of pyridine rings is 1. The van der Waals surface area contributed by atoms with Gasteiger partial charge >= 0.3 is 5.63 Å². The molecule has 0 amide bonds. The van der Waals surface area contributed by atoms with Gasteiger partial charge in [-0.15, -0.1) is 0 Å². The van der Waals surface area contributed by atoms with E-state index in [2.05, 4.69) is 28.1 Å². The van der Waals surface area contributed by atoms with Gasteiger partial charge in [0.25, 0.3) is 0 Å². The molecular weight excluding hydrogens is 524 g/mol. The second kappa shape index (κ2) is 9.43. The Morgan fingerprint density at radius 3 is 2.33 bits per heavy atom. The molecule has 5 aromatic rings. The van der Waals surface area contributed by atoms with Crippen molar-refractivity contribution in [3.05, 3.63) is 95.0 Å². The summed E-state index contributed by atoms with van der Waals surface area (Å²) >= 11 is 0. The molecule has 0 fully saturated rings. The van der Waals surface area contributed by atoms with Gasteiger partial charge in [0.15, 0.2) is 5.69 Å². The first-order chi connectivity index (χ1) is 19.8. The molecule has 0 N–H and O–H groups in total. The number of rotatable bonds is 4. The Balaban J connectivity index is 1.60. The topological polar surface area (TPSA) is 82.6 Å². The summed E-state index contributed by atoms with van der Waals surface area (Å²) in [5, 5.41) is 11.5. The first kappa shape index (κ1) is 27.5. The molecule has 7 heteroatoms. The van der Waals surface area contributed by atoms with Crippen molar-refractivity contribution in [3.8, 4) is 17.2 Å². The van der Waals surface area contributed by atoms with E-state index in [4.69, 9.17) is 9.15 Å². The smallest absolute Gasteiger partial charge is 0.362 e. The van der Waals surface area contributed by atoms with Crippen molar-refractivity contribution in [1.82, 2.24) is 4.98 Å². The van der Waals surface area contributed by atoms with Crippen molar-refractivity contribution < 1.29 is 9.15 Å². The summed E-state index contributed by atoms with van der Waals surface area (Å²) in [5.41, 5.74) is 4.58. The Kier molecular flexibility index (Phi) is 6.18. The van der Waals surface area contributed by atoms with Gasteiger partial charge in [0.2, 0.25) is 5.85 Å². The maximum Gasteiger partial charge on any atom is 0.362 e. The number of nitrogens with zero attached hydrogens (tertiary/aromatic N) is 4. The molecule has 0 bridgehead atoms. The molecule has 1 atom stereocenters. The number of ether oxygens (including phenoxy) is 1. The fourth-order valence-electron chi connectivity index (χ4n) is 5.83. The highest BCUT2D eigenvalue weighted by Gasteiger charge is 2.51. The van der Waals surface area contributed by atoms with Gasteiger partial charge in [0, 0.05) is 42.2 Å². The molecule has 3 aromatic carbocycles. The lowest BCUT2D eigenvalue weighted by Gasteiger charge is -2.44. The average Bonchev–Trinajstić information content (AvgIpc) is 3.18. The van der Waals surface area contributed by atoms with E-state index in [0.717, 1.165) is 38.7 Å².